The number of hydrogen-bond donors (Lipinski definition) is 2. The van der Waals surface area contributed by atoms with Crippen LogP contribution in [0.4, 0.5) is 0 Å². The minimum atomic E-state index is -3.45. The van der Waals surface area contributed by atoms with Crippen molar-refractivity contribution in [2.45, 2.75) is 32.9 Å². The van der Waals surface area contributed by atoms with Crippen molar-refractivity contribution in [2.24, 2.45) is 0 Å². The number of rotatable bonds is 4. The lowest BCUT2D eigenvalue weighted by atomic mass is 10.1. The summed E-state index contributed by atoms with van der Waals surface area (Å²) in [6, 6.07) is 0. The third-order valence-corrected chi connectivity index (χ3v) is 3.63. The number of nitrogens with zero attached hydrogens (tertiary/aromatic N) is 2. The molecule has 2 N–H and O–H groups in total. The summed E-state index contributed by atoms with van der Waals surface area (Å²) in [5.41, 5.74) is 0.338. The van der Waals surface area contributed by atoms with Gasteiger partial charge in [0.05, 0.1) is 6.20 Å². The van der Waals surface area contributed by atoms with Crippen molar-refractivity contribution in [2.75, 3.05) is 7.05 Å². The van der Waals surface area contributed by atoms with Gasteiger partial charge in [-0.2, -0.15) is 22.5 Å². The molecule has 7 heteroatoms. The second kappa shape index (κ2) is 4.52. The van der Waals surface area contributed by atoms with Crippen molar-refractivity contribution < 1.29 is 8.42 Å². The quantitative estimate of drug-likeness (QED) is 0.811. The van der Waals surface area contributed by atoms with E-state index in [1.54, 1.807) is 33.2 Å². The smallest absolute Gasteiger partial charge is 0.279 e. The van der Waals surface area contributed by atoms with Crippen LogP contribution in [0.1, 0.15) is 26.3 Å². The highest BCUT2D eigenvalue weighted by molar-refractivity contribution is 7.87. The molecule has 1 rings (SSSR count). The summed E-state index contributed by atoms with van der Waals surface area (Å²) in [6.45, 7) is 5.70. The Morgan fingerprint density at radius 3 is 2.56 bits per heavy atom. The zero-order valence-electron chi connectivity index (χ0n) is 9.98. The Balaban J connectivity index is 2.70. The predicted octanol–water partition coefficient (Wildman–Crippen LogP) is 0.474. The molecule has 0 aliphatic rings. The molecule has 1 aromatic rings. The third-order valence-electron chi connectivity index (χ3n) is 1.81. The van der Waals surface area contributed by atoms with Crippen LogP contribution < -0.4 is 4.72 Å². The molecule has 0 saturated heterocycles. The van der Waals surface area contributed by atoms with Gasteiger partial charge in [0, 0.05) is 30.9 Å². The monoisotopic (exact) mass is 246 g/mol. The molecule has 6 nitrogen and oxygen atoms in total. The van der Waals surface area contributed by atoms with Crippen LogP contribution in [0.25, 0.3) is 0 Å². The van der Waals surface area contributed by atoms with Crippen molar-refractivity contribution in [3.63, 3.8) is 0 Å². The van der Waals surface area contributed by atoms with Crippen LogP contribution in [0.5, 0.6) is 0 Å². The van der Waals surface area contributed by atoms with Gasteiger partial charge < -0.3 is 0 Å². The summed E-state index contributed by atoms with van der Waals surface area (Å²) in [5, 5.41) is 6.41. The molecule has 0 aliphatic carbocycles. The van der Waals surface area contributed by atoms with Crippen LogP contribution >= 0.6 is 0 Å². The van der Waals surface area contributed by atoms with E-state index in [0.717, 1.165) is 5.56 Å². The Kier molecular flexibility index (Phi) is 3.72. The summed E-state index contributed by atoms with van der Waals surface area (Å²) in [6.07, 6.45) is 3.27. The maximum Gasteiger partial charge on any atom is 0.279 e. The topological polar surface area (TPSA) is 78.1 Å². The average molecular weight is 246 g/mol. The van der Waals surface area contributed by atoms with E-state index in [1.165, 1.54) is 11.4 Å². The molecule has 16 heavy (non-hydrogen) atoms. The van der Waals surface area contributed by atoms with Gasteiger partial charge in [-0.25, -0.2) is 0 Å². The number of aromatic amines is 1. The molecule has 0 spiro atoms. The van der Waals surface area contributed by atoms with Crippen LogP contribution in [0.2, 0.25) is 0 Å². The fourth-order valence-corrected chi connectivity index (χ4v) is 2.42. The first-order valence-corrected chi connectivity index (χ1v) is 6.37. The Hall–Kier alpha value is -0.920. The summed E-state index contributed by atoms with van der Waals surface area (Å²) in [5.74, 6) is 0. The molecule has 0 unspecified atom stereocenters. The van der Waals surface area contributed by atoms with Crippen molar-refractivity contribution in [1.82, 2.24) is 19.2 Å². The van der Waals surface area contributed by atoms with Crippen molar-refractivity contribution in [3.8, 4) is 0 Å². The molecule has 0 aliphatic heterocycles. The van der Waals surface area contributed by atoms with Gasteiger partial charge in [-0.3, -0.25) is 5.10 Å². The fourth-order valence-electron chi connectivity index (χ4n) is 1.17. The van der Waals surface area contributed by atoms with Crippen molar-refractivity contribution in [1.29, 1.82) is 0 Å². The maximum atomic E-state index is 11.9. The van der Waals surface area contributed by atoms with E-state index in [1.807, 2.05) is 0 Å². The normalized spacial score (nSPS) is 13.3. The Morgan fingerprint density at radius 1 is 1.50 bits per heavy atom. The second-order valence-electron chi connectivity index (χ2n) is 4.72. The molecule has 0 saturated carbocycles. The Labute approximate surface area is 96.2 Å². The summed E-state index contributed by atoms with van der Waals surface area (Å²) >= 11 is 0. The molecule has 92 valence electrons. The SMILES string of the molecule is CN(Cc1cn[nH]c1)S(=O)(=O)NC(C)(C)C. The summed E-state index contributed by atoms with van der Waals surface area (Å²) in [7, 11) is -1.92. The molecule has 0 amide bonds. The minimum Gasteiger partial charge on any atom is -0.285 e. The standard InChI is InChI=1S/C9H18N4O2S/c1-9(2,3)12-16(14,15)13(4)7-8-5-10-11-6-8/h5-6,12H,7H2,1-4H3,(H,10,11). The highest BCUT2D eigenvalue weighted by Gasteiger charge is 2.24. The van der Waals surface area contributed by atoms with Gasteiger partial charge in [0.1, 0.15) is 0 Å². The third kappa shape index (κ3) is 3.92. The lowest BCUT2D eigenvalue weighted by Gasteiger charge is -2.25. The van der Waals surface area contributed by atoms with Crippen LogP contribution in [-0.4, -0.2) is 35.5 Å². The Bertz CT molecular complexity index is 419. The van der Waals surface area contributed by atoms with E-state index >= 15 is 0 Å². The molecule has 1 aromatic heterocycles. The molecule has 1 heterocycles. The second-order valence-corrected chi connectivity index (χ2v) is 6.50. The van der Waals surface area contributed by atoms with Gasteiger partial charge in [0.15, 0.2) is 0 Å². The lowest BCUT2D eigenvalue weighted by Crippen LogP contribution is -2.47. The molecule has 0 atom stereocenters. The van der Waals surface area contributed by atoms with Gasteiger partial charge in [0.25, 0.3) is 10.2 Å². The number of nitrogens with one attached hydrogen (secondary N) is 2. The largest absolute Gasteiger partial charge is 0.285 e. The van der Waals surface area contributed by atoms with Crippen LogP contribution in [0.3, 0.4) is 0 Å². The van der Waals surface area contributed by atoms with Crippen LogP contribution in [-0.2, 0) is 16.8 Å². The fraction of sp³-hybridized carbons (Fsp3) is 0.667. The van der Waals surface area contributed by atoms with E-state index in [2.05, 4.69) is 14.9 Å². The first-order valence-electron chi connectivity index (χ1n) is 4.93. The molecular weight excluding hydrogens is 228 g/mol. The van der Waals surface area contributed by atoms with E-state index < -0.39 is 15.7 Å². The van der Waals surface area contributed by atoms with E-state index in [9.17, 15) is 8.42 Å². The minimum absolute atomic E-state index is 0.294. The van der Waals surface area contributed by atoms with E-state index in [0.29, 0.717) is 6.54 Å². The van der Waals surface area contributed by atoms with Gasteiger partial charge >= 0.3 is 0 Å². The van der Waals surface area contributed by atoms with E-state index in [4.69, 9.17) is 0 Å². The van der Waals surface area contributed by atoms with Gasteiger partial charge in [-0.05, 0) is 20.8 Å². The zero-order chi connectivity index (χ0) is 12.4. The molecule has 0 bridgehead atoms. The first kappa shape index (κ1) is 13.1. The molecular formula is C9H18N4O2S. The predicted molar refractivity (Wildman–Crippen MR) is 61.9 cm³/mol. The lowest BCUT2D eigenvalue weighted by molar-refractivity contribution is 0.421. The number of H-pyrrole nitrogens is 1. The maximum absolute atomic E-state index is 11.9. The van der Waals surface area contributed by atoms with Gasteiger partial charge in [-0.15, -0.1) is 0 Å². The number of hydrogen-bond acceptors (Lipinski definition) is 3. The zero-order valence-corrected chi connectivity index (χ0v) is 10.8. The highest BCUT2D eigenvalue weighted by atomic mass is 32.2. The summed E-state index contributed by atoms with van der Waals surface area (Å²) < 4.78 is 27.5. The van der Waals surface area contributed by atoms with Crippen molar-refractivity contribution in [3.05, 3.63) is 18.0 Å². The van der Waals surface area contributed by atoms with Crippen LogP contribution in [0.15, 0.2) is 12.4 Å². The van der Waals surface area contributed by atoms with E-state index in [-0.39, 0.29) is 0 Å². The van der Waals surface area contributed by atoms with Gasteiger partial charge in [-0.1, -0.05) is 0 Å². The molecule has 0 radical (unpaired) electrons. The Morgan fingerprint density at radius 2 is 2.12 bits per heavy atom. The average Bonchev–Trinajstić information content (AvgIpc) is 2.51. The first-order chi connectivity index (χ1) is 7.21. The summed E-state index contributed by atoms with van der Waals surface area (Å²) in [4.78, 5) is 0. The van der Waals surface area contributed by atoms with Gasteiger partial charge in [0.2, 0.25) is 0 Å². The molecule has 0 aromatic carbocycles. The van der Waals surface area contributed by atoms with Crippen LogP contribution in [0, 0.1) is 0 Å². The highest BCUT2D eigenvalue weighted by Crippen LogP contribution is 2.08. The number of aromatic nitrogens is 2. The van der Waals surface area contributed by atoms with Crippen molar-refractivity contribution >= 4 is 10.2 Å². The molecule has 0 fully saturated rings.